The second kappa shape index (κ2) is 5.65. The summed E-state index contributed by atoms with van der Waals surface area (Å²) < 4.78 is 27.7. The molecule has 1 aliphatic carbocycles. The zero-order valence-corrected chi connectivity index (χ0v) is 15.8. The van der Waals surface area contributed by atoms with Gasteiger partial charge in [0.15, 0.2) is 9.84 Å². The molecule has 3 heterocycles. The summed E-state index contributed by atoms with van der Waals surface area (Å²) in [7, 11) is -1.59. The van der Waals surface area contributed by atoms with Gasteiger partial charge in [0.25, 0.3) is 0 Å². The van der Waals surface area contributed by atoms with Crippen LogP contribution in [0.2, 0.25) is 0 Å². The van der Waals surface area contributed by atoms with Crippen LogP contribution < -0.4 is 0 Å². The average Bonchev–Trinajstić information content (AvgIpc) is 3.28. The number of nitrogens with zero attached hydrogens (tertiary/aromatic N) is 3. The predicted molar refractivity (Wildman–Crippen MR) is 97.7 cm³/mol. The maximum atomic E-state index is 13.0. The molecule has 2 fully saturated rings. The molecule has 1 saturated carbocycles. The van der Waals surface area contributed by atoms with Crippen molar-refractivity contribution in [3.8, 4) is 11.1 Å². The van der Waals surface area contributed by atoms with E-state index in [4.69, 9.17) is 0 Å². The van der Waals surface area contributed by atoms with Crippen molar-refractivity contribution in [3.05, 3.63) is 36.2 Å². The number of sulfone groups is 1. The molecule has 8 heteroatoms. The topological polar surface area (TPSA) is 92.5 Å². The van der Waals surface area contributed by atoms with Crippen LogP contribution in [0, 0.1) is 5.92 Å². The minimum atomic E-state index is -3.43. The maximum absolute atomic E-state index is 13.0. The van der Waals surface area contributed by atoms with Crippen LogP contribution in [0.5, 0.6) is 0 Å². The number of benzene rings is 1. The fraction of sp³-hybridized carbons (Fsp3) is 0.474. The highest BCUT2D eigenvalue weighted by Gasteiger charge is 2.52. The first-order valence-electron chi connectivity index (χ1n) is 9.18. The number of carbonyl (C=O) groups excluding carboxylic acids is 1. The summed E-state index contributed by atoms with van der Waals surface area (Å²) in [6, 6.07) is 5.46. The van der Waals surface area contributed by atoms with Gasteiger partial charge in [-0.1, -0.05) is 6.07 Å². The Balaban J connectivity index is 1.48. The van der Waals surface area contributed by atoms with Crippen molar-refractivity contribution < 1.29 is 18.3 Å². The molecule has 27 heavy (non-hydrogen) atoms. The lowest BCUT2D eigenvalue weighted by atomic mass is 9.81. The number of carbonyl (C=O) groups is 1. The molecule has 0 bridgehead atoms. The Bertz CT molecular complexity index is 1040. The van der Waals surface area contributed by atoms with E-state index in [-0.39, 0.29) is 24.3 Å². The van der Waals surface area contributed by atoms with Crippen molar-refractivity contribution in [1.82, 2.24) is 14.7 Å². The SMILES string of the molecule is Cn1cc(-c2ccc3c(c2)[C@H]2CN(C(=O)C4CC(O)C4)C[C@@H]2S3(=O)=O)cn1. The van der Waals surface area contributed by atoms with Crippen molar-refractivity contribution in [2.45, 2.75) is 35.0 Å². The van der Waals surface area contributed by atoms with E-state index in [1.807, 2.05) is 25.4 Å². The van der Waals surface area contributed by atoms with Crippen LogP contribution >= 0.6 is 0 Å². The van der Waals surface area contributed by atoms with Gasteiger partial charge >= 0.3 is 0 Å². The molecule has 1 aromatic heterocycles. The molecule has 0 radical (unpaired) electrons. The molecular weight excluding hydrogens is 366 g/mol. The number of aryl methyl sites for hydroxylation is 1. The minimum absolute atomic E-state index is 0.0186. The molecule has 1 amide bonds. The number of hydrogen-bond acceptors (Lipinski definition) is 5. The number of aromatic nitrogens is 2. The third kappa shape index (κ3) is 2.46. The molecule has 3 aliphatic rings. The summed E-state index contributed by atoms with van der Waals surface area (Å²) in [6.07, 6.45) is 4.23. The molecule has 5 rings (SSSR count). The van der Waals surface area contributed by atoms with Gasteiger partial charge in [-0.3, -0.25) is 9.48 Å². The molecule has 0 spiro atoms. The van der Waals surface area contributed by atoms with Crippen molar-refractivity contribution in [1.29, 1.82) is 0 Å². The highest BCUT2D eigenvalue weighted by molar-refractivity contribution is 7.92. The van der Waals surface area contributed by atoms with Gasteiger partial charge in [0.05, 0.1) is 22.4 Å². The van der Waals surface area contributed by atoms with Crippen LogP contribution in [0.1, 0.15) is 24.3 Å². The van der Waals surface area contributed by atoms with Gasteiger partial charge in [0.2, 0.25) is 5.91 Å². The average molecular weight is 387 g/mol. The quantitative estimate of drug-likeness (QED) is 0.828. The van der Waals surface area contributed by atoms with Crippen LogP contribution in [0.15, 0.2) is 35.5 Å². The first-order valence-corrected chi connectivity index (χ1v) is 10.7. The third-order valence-electron chi connectivity index (χ3n) is 6.19. The van der Waals surface area contributed by atoms with Gasteiger partial charge in [0.1, 0.15) is 0 Å². The first-order chi connectivity index (χ1) is 12.8. The van der Waals surface area contributed by atoms with Crippen molar-refractivity contribution >= 4 is 15.7 Å². The molecule has 0 unspecified atom stereocenters. The van der Waals surface area contributed by atoms with E-state index in [2.05, 4.69) is 5.10 Å². The summed E-state index contributed by atoms with van der Waals surface area (Å²) in [6.45, 7) is 0.675. The van der Waals surface area contributed by atoms with E-state index in [0.29, 0.717) is 24.3 Å². The minimum Gasteiger partial charge on any atom is -0.393 e. The molecule has 1 saturated heterocycles. The van der Waals surface area contributed by atoms with Crippen LogP contribution in [0.3, 0.4) is 0 Å². The standard InChI is InChI=1S/C19H21N3O4S/c1-21-8-13(7-20-21)11-2-3-17-15(6-11)16-9-22(10-18(16)27(17,25)26)19(24)12-4-14(23)5-12/h2-3,6-8,12,14,16,18,23H,4-5,9-10H2,1H3/t12?,14?,16-,18+/m1/s1. The van der Waals surface area contributed by atoms with E-state index in [9.17, 15) is 18.3 Å². The van der Waals surface area contributed by atoms with Crippen molar-refractivity contribution in [2.24, 2.45) is 13.0 Å². The Morgan fingerprint density at radius 2 is 2.00 bits per heavy atom. The van der Waals surface area contributed by atoms with Gasteiger partial charge in [-0.25, -0.2) is 8.42 Å². The van der Waals surface area contributed by atoms with Crippen LogP contribution in [-0.4, -0.2) is 58.6 Å². The summed E-state index contributed by atoms with van der Waals surface area (Å²) in [4.78, 5) is 14.7. The van der Waals surface area contributed by atoms with E-state index in [0.717, 1.165) is 16.7 Å². The van der Waals surface area contributed by atoms with E-state index in [1.165, 1.54) is 0 Å². The Morgan fingerprint density at radius 3 is 2.67 bits per heavy atom. The van der Waals surface area contributed by atoms with E-state index >= 15 is 0 Å². The van der Waals surface area contributed by atoms with E-state index < -0.39 is 21.2 Å². The number of aliphatic hydroxyl groups is 1. The molecular formula is C19H21N3O4S. The summed E-state index contributed by atoms with van der Waals surface area (Å²) in [5.74, 6) is -0.367. The Hall–Kier alpha value is -2.19. The Labute approximate surface area is 157 Å². The molecule has 142 valence electrons. The van der Waals surface area contributed by atoms with Crippen molar-refractivity contribution in [3.63, 3.8) is 0 Å². The molecule has 7 nitrogen and oxygen atoms in total. The number of amides is 1. The lowest BCUT2D eigenvalue weighted by Crippen LogP contribution is -2.43. The number of hydrogen-bond donors (Lipinski definition) is 1. The zero-order chi connectivity index (χ0) is 18.9. The molecule has 1 N–H and O–H groups in total. The van der Waals surface area contributed by atoms with Crippen LogP contribution in [0.25, 0.3) is 11.1 Å². The first kappa shape index (κ1) is 16.9. The normalized spacial score (nSPS) is 30.7. The molecule has 1 aromatic carbocycles. The Morgan fingerprint density at radius 1 is 1.22 bits per heavy atom. The van der Waals surface area contributed by atoms with Crippen molar-refractivity contribution in [2.75, 3.05) is 13.1 Å². The highest BCUT2D eigenvalue weighted by atomic mass is 32.2. The van der Waals surface area contributed by atoms with Gasteiger partial charge in [-0.15, -0.1) is 0 Å². The summed E-state index contributed by atoms with van der Waals surface area (Å²) >= 11 is 0. The van der Waals surface area contributed by atoms with E-state index in [1.54, 1.807) is 21.8 Å². The molecule has 2 atom stereocenters. The monoisotopic (exact) mass is 387 g/mol. The smallest absolute Gasteiger partial charge is 0.225 e. The molecule has 2 aromatic rings. The fourth-order valence-electron chi connectivity index (χ4n) is 4.62. The van der Waals surface area contributed by atoms with Gasteiger partial charge in [0, 0.05) is 43.7 Å². The Kier molecular flexibility index (Phi) is 3.55. The highest BCUT2D eigenvalue weighted by Crippen LogP contribution is 2.46. The van der Waals surface area contributed by atoms with Crippen LogP contribution in [-0.2, 0) is 21.7 Å². The summed E-state index contributed by atoms with van der Waals surface area (Å²) in [5.41, 5.74) is 2.69. The fourth-order valence-corrected chi connectivity index (χ4v) is 6.79. The number of likely N-dealkylation sites (tertiary alicyclic amines) is 1. The number of aliphatic hydroxyl groups excluding tert-OH is 1. The van der Waals surface area contributed by atoms with Gasteiger partial charge < -0.3 is 10.0 Å². The number of fused-ring (bicyclic) bond motifs is 3. The predicted octanol–water partition coefficient (Wildman–Crippen LogP) is 0.940. The summed E-state index contributed by atoms with van der Waals surface area (Å²) in [5, 5.41) is 13.1. The second-order valence-electron chi connectivity index (χ2n) is 7.91. The zero-order valence-electron chi connectivity index (χ0n) is 14.9. The largest absolute Gasteiger partial charge is 0.393 e. The molecule has 2 aliphatic heterocycles. The third-order valence-corrected chi connectivity index (χ3v) is 8.45. The van der Waals surface area contributed by atoms with Gasteiger partial charge in [-0.2, -0.15) is 5.10 Å². The lowest BCUT2D eigenvalue weighted by Gasteiger charge is -2.33. The van der Waals surface area contributed by atoms with Gasteiger partial charge in [-0.05, 0) is 36.1 Å². The lowest BCUT2D eigenvalue weighted by molar-refractivity contribution is -0.141. The second-order valence-corrected chi connectivity index (χ2v) is 10.0. The maximum Gasteiger partial charge on any atom is 0.225 e. The van der Waals surface area contributed by atoms with Crippen LogP contribution in [0.4, 0.5) is 0 Å². The number of rotatable bonds is 2.